The Morgan fingerprint density at radius 1 is 1.17 bits per heavy atom. The van der Waals surface area contributed by atoms with Gasteiger partial charge in [0.1, 0.15) is 11.8 Å². The molecule has 2 rings (SSSR count). The third-order valence-electron chi connectivity index (χ3n) is 2.89. The molecule has 0 aliphatic carbocycles. The standard InChI is InChI=1S/C15H17N3/c1-11-4-12(2)6-14(5-11)17-9-13-7-15(8-16)18(3)10-13/h4-7,10,17H,9H2,1-3H3. The molecular weight excluding hydrogens is 222 g/mol. The number of hydrogen-bond acceptors (Lipinski definition) is 2. The van der Waals surface area contributed by atoms with Gasteiger partial charge in [0.05, 0.1) is 0 Å². The van der Waals surface area contributed by atoms with Crippen LogP contribution in [0, 0.1) is 25.2 Å². The summed E-state index contributed by atoms with van der Waals surface area (Å²) in [5.41, 5.74) is 5.43. The Kier molecular flexibility index (Phi) is 3.38. The molecule has 0 unspecified atom stereocenters. The zero-order valence-corrected chi connectivity index (χ0v) is 11.0. The second kappa shape index (κ2) is 4.97. The van der Waals surface area contributed by atoms with Crippen LogP contribution in [0.4, 0.5) is 5.69 Å². The normalized spacial score (nSPS) is 10.1. The highest BCUT2D eigenvalue weighted by atomic mass is 14.9. The predicted octanol–water partition coefficient (Wildman–Crippen LogP) is 3.13. The van der Waals surface area contributed by atoms with Crippen LogP contribution in [-0.4, -0.2) is 4.57 Å². The molecule has 0 spiro atoms. The maximum Gasteiger partial charge on any atom is 0.120 e. The summed E-state index contributed by atoms with van der Waals surface area (Å²) in [5.74, 6) is 0. The number of nitriles is 1. The van der Waals surface area contributed by atoms with E-state index in [9.17, 15) is 0 Å². The van der Waals surface area contributed by atoms with Gasteiger partial charge < -0.3 is 9.88 Å². The summed E-state index contributed by atoms with van der Waals surface area (Å²) in [6.45, 7) is 4.92. The largest absolute Gasteiger partial charge is 0.381 e. The minimum Gasteiger partial charge on any atom is -0.381 e. The lowest BCUT2D eigenvalue weighted by Gasteiger charge is -2.07. The number of hydrogen-bond donors (Lipinski definition) is 1. The van der Waals surface area contributed by atoms with Crippen LogP contribution in [0.25, 0.3) is 0 Å². The fourth-order valence-electron chi connectivity index (χ4n) is 2.12. The molecule has 0 saturated carbocycles. The van der Waals surface area contributed by atoms with Gasteiger partial charge in [-0.05, 0) is 48.7 Å². The van der Waals surface area contributed by atoms with Gasteiger partial charge in [0.25, 0.3) is 0 Å². The van der Waals surface area contributed by atoms with Crippen LogP contribution in [-0.2, 0) is 13.6 Å². The molecule has 3 nitrogen and oxygen atoms in total. The Balaban J connectivity index is 2.09. The molecule has 1 heterocycles. The second-order valence-corrected chi connectivity index (χ2v) is 4.69. The van der Waals surface area contributed by atoms with E-state index in [1.807, 2.05) is 23.9 Å². The third-order valence-corrected chi connectivity index (χ3v) is 2.89. The molecule has 0 radical (unpaired) electrons. The molecule has 1 aromatic heterocycles. The molecular formula is C15H17N3. The quantitative estimate of drug-likeness (QED) is 0.894. The van der Waals surface area contributed by atoms with E-state index in [2.05, 4.69) is 43.4 Å². The fraction of sp³-hybridized carbons (Fsp3) is 0.267. The minimum absolute atomic E-state index is 0.687. The molecule has 0 fully saturated rings. The van der Waals surface area contributed by atoms with Gasteiger partial charge in [-0.3, -0.25) is 0 Å². The van der Waals surface area contributed by atoms with E-state index in [0.717, 1.165) is 17.8 Å². The van der Waals surface area contributed by atoms with E-state index < -0.39 is 0 Å². The maximum absolute atomic E-state index is 8.90. The van der Waals surface area contributed by atoms with Crippen molar-refractivity contribution in [3.05, 3.63) is 52.8 Å². The van der Waals surface area contributed by atoms with E-state index in [-0.39, 0.29) is 0 Å². The number of nitrogens with one attached hydrogen (secondary N) is 1. The van der Waals surface area contributed by atoms with Gasteiger partial charge in [0, 0.05) is 25.5 Å². The molecule has 2 aromatic rings. The minimum atomic E-state index is 0.687. The summed E-state index contributed by atoms with van der Waals surface area (Å²) in [7, 11) is 1.89. The average Bonchev–Trinajstić information content (AvgIpc) is 2.66. The average molecular weight is 239 g/mol. The number of rotatable bonds is 3. The molecule has 92 valence electrons. The van der Waals surface area contributed by atoms with Crippen LogP contribution in [0.3, 0.4) is 0 Å². The number of aryl methyl sites for hydroxylation is 3. The SMILES string of the molecule is Cc1cc(C)cc(NCc2cc(C#N)n(C)c2)c1. The van der Waals surface area contributed by atoms with E-state index in [1.54, 1.807) is 0 Å². The lowest BCUT2D eigenvalue weighted by Crippen LogP contribution is -1.99. The highest BCUT2D eigenvalue weighted by molar-refractivity contribution is 5.48. The van der Waals surface area contributed by atoms with Gasteiger partial charge in [-0.2, -0.15) is 5.26 Å². The lowest BCUT2D eigenvalue weighted by atomic mass is 10.1. The molecule has 0 atom stereocenters. The summed E-state index contributed by atoms with van der Waals surface area (Å²) >= 11 is 0. The maximum atomic E-state index is 8.90. The van der Waals surface area contributed by atoms with Gasteiger partial charge in [-0.1, -0.05) is 6.07 Å². The van der Waals surface area contributed by atoms with Gasteiger partial charge in [0.2, 0.25) is 0 Å². The van der Waals surface area contributed by atoms with Gasteiger partial charge in [0.15, 0.2) is 0 Å². The molecule has 1 N–H and O–H groups in total. The Labute approximate surface area is 108 Å². The first kappa shape index (κ1) is 12.3. The first-order chi connectivity index (χ1) is 8.58. The fourth-order valence-corrected chi connectivity index (χ4v) is 2.12. The summed E-state index contributed by atoms with van der Waals surface area (Å²) in [4.78, 5) is 0. The Hall–Kier alpha value is -2.21. The van der Waals surface area contributed by atoms with Crippen LogP contribution in [0.2, 0.25) is 0 Å². The van der Waals surface area contributed by atoms with Gasteiger partial charge in [-0.15, -0.1) is 0 Å². The summed E-state index contributed by atoms with van der Waals surface area (Å²) in [5, 5.41) is 12.3. The van der Waals surface area contributed by atoms with Crippen LogP contribution in [0.5, 0.6) is 0 Å². The smallest absolute Gasteiger partial charge is 0.120 e. The number of benzene rings is 1. The van der Waals surface area contributed by atoms with Gasteiger partial charge >= 0.3 is 0 Å². The predicted molar refractivity (Wildman–Crippen MR) is 73.4 cm³/mol. The Morgan fingerprint density at radius 2 is 1.83 bits per heavy atom. The topological polar surface area (TPSA) is 40.8 Å². The lowest BCUT2D eigenvalue weighted by molar-refractivity contribution is 0.902. The zero-order valence-electron chi connectivity index (χ0n) is 11.0. The summed E-state index contributed by atoms with van der Waals surface area (Å²) < 4.78 is 1.85. The molecule has 0 aliphatic heterocycles. The monoisotopic (exact) mass is 239 g/mol. The molecule has 0 aliphatic rings. The van der Waals surface area contributed by atoms with E-state index >= 15 is 0 Å². The summed E-state index contributed by atoms with van der Waals surface area (Å²) in [6.07, 6.45) is 1.98. The van der Waals surface area contributed by atoms with Crippen LogP contribution < -0.4 is 5.32 Å². The molecule has 1 aromatic carbocycles. The highest BCUT2D eigenvalue weighted by Gasteiger charge is 2.02. The molecule has 0 amide bonds. The van der Waals surface area contributed by atoms with Crippen LogP contribution in [0.15, 0.2) is 30.5 Å². The van der Waals surface area contributed by atoms with Crippen molar-refractivity contribution in [3.63, 3.8) is 0 Å². The number of nitrogens with zero attached hydrogens (tertiary/aromatic N) is 2. The van der Waals surface area contributed by atoms with E-state index in [4.69, 9.17) is 5.26 Å². The Bertz CT molecular complexity index is 582. The highest BCUT2D eigenvalue weighted by Crippen LogP contribution is 2.15. The van der Waals surface area contributed by atoms with E-state index in [0.29, 0.717) is 5.69 Å². The van der Waals surface area contributed by atoms with Crippen molar-refractivity contribution in [2.24, 2.45) is 7.05 Å². The van der Waals surface area contributed by atoms with Crippen LogP contribution in [0.1, 0.15) is 22.4 Å². The van der Waals surface area contributed by atoms with Crippen molar-refractivity contribution < 1.29 is 0 Å². The molecule has 18 heavy (non-hydrogen) atoms. The third kappa shape index (κ3) is 2.72. The van der Waals surface area contributed by atoms with Crippen molar-refractivity contribution >= 4 is 5.69 Å². The van der Waals surface area contributed by atoms with Crippen molar-refractivity contribution in [2.75, 3.05) is 5.32 Å². The number of aromatic nitrogens is 1. The zero-order chi connectivity index (χ0) is 13.1. The van der Waals surface area contributed by atoms with Crippen molar-refractivity contribution in [1.82, 2.24) is 4.57 Å². The first-order valence-electron chi connectivity index (χ1n) is 5.96. The molecule has 0 bridgehead atoms. The van der Waals surface area contributed by atoms with Gasteiger partial charge in [-0.25, -0.2) is 0 Å². The summed E-state index contributed by atoms with van der Waals surface area (Å²) in [6, 6.07) is 10.5. The second-order valence-electron chi connectivity index (χ2n) is 4.69. The van der Waals surface area contributed by atoms with E-state index in [1.165, 1.54) is 11.1 Å². The van der Waals surface area contributed by atoms with Crippen LogP contribution >= 0.6 is 0 Å². The number of anilines is 1. The van der Waals surface area contributed by atoms with Crippen molar-refractivity contribution in [1.29, 1.82) is 5.26 Å². The first-order valence-corrected chi connectivity index (χ1v) is 5.96. The van der Waals surface area contributed by atoms with Crippen molar-refractivity contribution in [2.45, 2.75) is 20.4 Å². The van der Waals surface area contributed by atoms with Crippen molar-refractivity contribution in [3.8, 4) is 6.07 Å². The molecule has 0 saturated heterocycles. The molecule has 3 heteroatoms. The Morgan fingerprint density at radius 3 is 2.39 bits per heavy atom.